The molecule has 1 aliphatic heterocycles. The molecule has 4 rings (SSSR count). The molecule has 0 fully saturated rings. The van der Waals surface area contributed by atoms with E-state index >= 15 is 0 Å². The minimum Gasteiger partial charge on any atom is -0.369 e. The van der Waals surface area contributed by atoms with E-state index in [4.69, 9.17) is 4.74 Å². The maximum Gasteiger partial charge on any atom is 0.269 e. The van der Waals surface area contributed by atoms with Crippen LogP contribution in [0.1, 0.15) is 21.9 Å². The summed E-state index contributed by atoms with van der Waals surface area (Å²) in [5, 5.41) is 11.0. The number of benzene rings is 1. The van der Waals surface area contributed by atoms with Gasteiger partial charge >= 0.3 is 0 Å². The number of rotatable bonds is 2. The largest absolute Gasteiger partial charge is 0.369 e. The lowest BCUT2D eigenvalue weighted by atomic mass is 10.2. The fourth-order valence-electron chi connectivity index (χ4n) is 2.68. The van der Waals surface area contributed by atoms with Crippen LogP contribution in [0, 0.1) is 0 Å². The zero-order valence-corrected chi connectivity index (χ0v) is 12.4. The summed E-state index contributed by atoms with van der Waals surface area (Å²) in [5.74, 6) is 0.932. The number of fused-ring (bicyclic) bond motifs is 3. The van der Waals surface area contributed by atoms with Gasteiger partial charge in [-0.05, 0) is 6.07 Å². The second-order valence-electron chi connectivity index (χ2n) is 5.10. The van der Waals surface area contributed by atoms with Crippen LogP contribution in [0.15, 0.2) is 30.6 Å². The number of aromatic nitrogens is 5. The smallest absolute Gasteiger partial charge is 0.269 e. The third-order valence-electron chi connectivity index (χ3n) is 3.76. The van der Waals surface area contributed by atoms with E-state index in [9.17, 15) is 4.79 Å². The van der Waals surface area contributed by atoms with E-state index < -0.39 is 0 Å². The Hall–Kier alpha value is -3.00. The first kappa shape index (κ1) is 13.6. The highest BCUT2D eigenvalue weighted by Gasteiger charge is 2.25. The molecular weight excluding hydrogens is 296 g/mol. The number of ether oxygens (including phenoxy) is 1. The molecule has 3 heterocycles. The van der Waals surface area contributed by atoms with Crippen molar-refractivity contribution in [2.45, 2.75) is 13.2 Å². The van der Waals surface area contributed by atoms with Crippen molar-refractivity contribution in [1.82, 2.24) is 30.0 Å². The summed E-state index contributed by atoms with van der Waals surface area (Å²) < 4.78 is 7.54. The number of hydrogen-bond acceptors (Lipinski definition) is 5. The van der Waals surface area contributed by atoms with Crippen molar-refractivity contribution in [3.05, 3.63) is 47.7 Å². The Morgan fingerprint density at radius 3 is 3.04 bits per heavy atom. The average molecular weight is 310 g/mol. The molecule has 1 aromatic carbocycles. The fourth-order valence-corrected chi connectivity index (χ4v) is 2.68. The summed E-state index contributed by atoms with van der Waals surface area (Å²) in [7, 11) is 1.57. The second-order valence-corrected chi connectivity index (χ2v) is 5.10. The molecule has 0 radical (unpaired) electrons. The van der Waals surface area contributed by atoms with Gasteiger partial charge in [-0.2, -0.15) is 0 Å². The SMILES string of the molecule is CNC(=O)c1[nH]cnc1-c1nnc2n1-c1ccccc1COC2. The minimum atomic E-state index is -0.256. The number of nitrogens with zero attached hydrogens (tertiary/aromatic N) is 4. The van der Waals surface area contributed by atoms with Gasteiger partial charge in [0, 0.05) is 12.6 Å². The molecule has 1 aliphatic rings. The molecule has 3 aromatic rings. The Morgan fingerprint density at radius 1 is 1.30 bits per heavy atom. The van der Waals surface area contributed by atoms with Crippen molar-refractivity contribution < 1.29 is 9.53 Å². The number of imidazole rings is 1. The Kier molecular flexibility index (Phi) is 3.16. The van der Waals surface area contributed by atoms with Crippen molar-refractivity contribution in [3.63, 3.8) is 0 Å². The van der Waals surface area contributed by atoms with E-state index in [1.165, 1.54) is 6.33 Å². The van der Waals surface area contributed by atoms with Crippen molar-refractivity contribution in [2.75, 3.05) is 7.05 Å². The molecule has 8 heteroatoms. The topological polar surface area (TPSA) is 97.7 Å². The third-order valence-corrected chi connectivity index (χ3v) is 3.76. The monoisotopic (exact) mass is 310 g/mol. The van der Waals surface area contributed by atoms with Gasteiger partial charge in [0.25, 0.3) is 5.91 Å². The van der Waals surface area contributed by atoms with Gasteiger partial charge in [-0.3, -0.25) is 9.36 Å². The van der Waals surface area contributed by atoms with Crippen molar-refractivity contribution in [1.29, 1.82) is 0 Å². The van der Waals surface area contributed by atoms with Crippen LogP contribution in [0.2, 0.25) is 0 Å². The maximum absolute atomic E-state index is 12.0. The predicted molar refractivity (Wildman–Crippen MR) is 80.8 cm³/mol. The van der Waals surface area contributed by atoms with E-state index in [1.807, 2.05) is 28.8 Å². The van der Waals surface area contributed by atoms with Gasteiger partial charge in [0.2, 0.25) is 0 Å². The Bertz CT molecular complexity index is 882. The molecule has 0 unspecified atom stereocenters. The van der Waals surface area contributed by atoms with Crippen molar-refractivity contribution in [3.8, 4) is 17.2 Å². The highest BCUT2D eigenvalue weighted by molar-refractivity contribution is 5.97. The number of carbonyl (C=O) groups is 1. The van der Waals surface area contributed by atoms with Crippen LogP contribution < -0.4 is 5.32 Å². The number of hydrogen-bond donors (Lipinski definition) is 2. The lowest BCUT2D eigenvalue weighted by Crippen LogP contribution is -2.19. The molecule has 0 saturated carbocycles. The molecule has 0 spiro atoms. The van der Waals surface area contributed by atoms with Crippen LogP contribution in [-0.2, 0) is 18.0 Å². The lowest BCUT2D eigenvalue weighted by Gasteiger charge is -2.10. The second kappa shape index (κ2) is 5.33. The minimum absolute atomic E-state index is 0.256. The molecule has 2 aromatic heterocycles. The Balaban J connectivity index is 1.94. The number of H-pyrrole nitrogens is 1. The maximum atomic E-state index is 12.0. The van der Waals surface area contributed by atoms with Crippen LogP contribution in [-0.4, -0.2) is 37.7 Å². The summed E-state index contributed by atoms with van der Waals surface area (Å²) in [6, 6.07) is 7.88. The number of aromatic amines is 1. The third kappa shape index (κ3) is 2.11. The van der Waals surface area contributed by atoms with Crippen LogP contribution in [0.5, 0.6) is 0 Å². The zero-order valence-electron chi connectivity index (χ0n) is 12.4. The van der Waals surface area contributed by atoms with Crippen LogP contribution in [0.25, 0.3) is 17.2 Å². The Morgan fingerprint density at radius 2 is 2.17 bits per heavy atom. The molecule has 0 bridgehead atoms. The lowest BCUT2D eigenvalue weighted by molar-refractivity contribution is 0.0959. The number of carbonyl (C=O) groups excluding carboxylic acids is 1. The summed E-state index contributed by atoms with van der Waals surface area (Å²) in [4.78, 5) is 19.1. The summed E-state index contributed by atoms with van der Waals surface area (Å²) in [5.41, 5.74) is 2.78. The first-order chi connectivity index (χ1) is 11.3. The first-order valence-corrected chi connectivity index (χ1v) is 7.15. The van der Waals surface area contributed by atoms with E-state index in [0.717, 1.165) is 11.3 Å². The van der Waals surface area contributed by atoms with Crippen molar-refractivity contribution in [2.24, 2.45) is 0 Å². The molecular formula is C15H14N6O2. The molecule has 8 nitrogen and oxygen atoms in total. The summed E-state index contributed by atoms with van der Waals surface area (Å²) in [6.45, 7) is 0.850. The summed E-state index contributed by atoms with van der Waals surface area (Å²) >= 11 is 0. The van der Waals surface area contributed by atoms with Gasteiger partial charge in [-0.25, -0.2) is 4.98 Å². The molecule has 0 atom stereocenters. The highest BCUT2D eigenvalue weighted by Crippen LogP contribution is 2.28. The number of amides is 1. The van der Waals surface area contributed by atoms with Gasteiger partial charge < -0.3 is 15.0 Å². The normalized spacial score (nSPS) is 13.1. The predicted octanol–water partition coefficient (Wildman–Crippen LogP) is 1.05. The van der Waals surface area contributed by atoms with E-state index in [-0.39, 0.29) is 5.91 Å². The zero-order chi connectivity index (χ0) is 15.8. The van der Waals surface area contributed by atoms with Crippen LogP contribution >= 0.6 is 0 Å². The molecule has 0 saturated heterocycles. The quantitative estimate of drug-likeness (QED) is 0.737. The standard InChI is InChI=1S/C15H14N6O2/c1-16-15(22)13-12(17-8-18-13)14-20-19-11-7-23-6-9-4-2-3-5-10(9)21(11)14/h2-5,8H,6-7H2,1H3,(H,16,22)(H,17,18). The van der Waals surface area contributed by atoms with E-state index in [0.29, 0.717) is 36.3 Å². The fraction of sp³-hybridized carbons (Fsp3) is 0.200. The first-order valence-electron chi connectivity index (χ1n) is 7.15. The van der Waals surface area contributed by atoms with Gasteiger partial charge in [0.15, 0.2) is 11.6 Å². The molecule has 116 valence electrons. The average Bonchev–Trinajstić information content (AvgIpc) is 3.17. The number of nitrogens with one attached hydrogen (secondary N) is 2. The van der Waals surface area contributed by atoms with Gasteiger partial charge in [-0.15, -0.1) is 10.2 Å². The molecule has 23 heavy (non-hydrogen) atoms. The van der Waals surface area contributed by atoms with Gasteiger partial charge in [-0.1, -0.05) is 18.2 Å². The van der Waals surface area contributed by atoms with Gasteiger partial charge in [0.05, 0.1) is 18.6 Å². The summed E-state index contributed by atoms with van der Waals surface area (Å²) in [6.07, 6.45) is 1.47. The number of para-hydroxylation sites is 1. The van der Waals surface area contributed by atoms with Crippen LogP contribution in [0.4, 0.5) is 0 Å². The van der Waals surface area contributed by atoms with Crippen molar-refractivity contribution >= 4 is 5.91 Å². The molecule has 1 amide bonds. The Labute approximate surface area is 131 Å². The van der Waals surface area contributed by atoms with Crippen LogP contribution in [0.3, 0.4) is 0 Å². The molecule has 0 aliphatic carbocycles. The van der Waals surface area contributed by atoms with Gasteiger partial charge in [0.1, 0.15) is 18.0 Å². The molecule has 2 N–H and O–H groups in total. The highest BCUT2D eigenvalue weighted by atomic mass is 16.5. The van der Waals surface area contributed by atoms with E-state index in [2.05, 4.69) is 25.5 Å². The van der Waals surface area contributed by atoms with E-state index in [1.54, 1.807) is 7.05 Å².